The van der Waals surface area contributed by atoms with Crippen molar-refractivity contribution < 1.29 is 18.5 Å². The number of furan rings is 1. The molecule has 2 aromatic heterocycles. The number of likely N-dealkylation sites (tertiary alicyclic amines) is 1. The van der Waals surface area contributed by atoms with E-state index in [1.807, 2.05) is 0 Å². The zero-order valence-corrected chi connectivity index (χ0v) is 12.7. The lowest BCUT2D eigenvalue weighted by atomic mass is 10.3. The van der Waals surface area contributed by atoms with Crippen LogP contribution in [0.3, 0.4) is 0 Å². The van der Waals surface area contributed by atoms with Gasteiger partial charge >= 0.3 is 0 Å². The molecular weight excluding hydrogens is 300 g/mol. The summed E-state index contributed by atoms with van der Waals surface area (Å²) in [6.45, 7) is 1.61. The lowest BCUT2D eigenvalue weighted by molar-refractivity contribution is -0.132. The van der Waals surface area contributed by atoms with E-state index in [0.717, 1.165) is 25.9 Å². The summed E-state index contributed by atoms with van der Waals surface area (Å²) in [4.78, 5) is 29.5. The number of carbonyl (C=O) groups excluding carboxylic acids is 2. The molecule has 0 saturated carbocycles. The molecular formula is C15H18N4O4. The summed E-state index contributed by atoms with van der Waals surface area (Å²) in [5, 5.41) is 6.42. The molecule has 1 N–H and O–H groups in total. The molecule has 1 aliphatic heterocycles. The molecule has 8 nitrogen and oxygen atoms in total. The van der Waals surface area contributed by atoms with Gasteiger partial charge in [0.25, 0.3) is 0 Å². The fourth-order valence-corrected chi connectivity index (χ4v) is 2.42. The number of rotatable bonds is 6. The maximum absolute atomic E-state index is 11.8. The SMILES string of the molecule is O=C(CCc1nc(-c2ccco2)no1)NCC(=O)N1CCCC1. The highest BCUT2D eigenvalue weighted by Crippen LogP contribution is 2.16. The van der Waals surface area contributed by atoms with Crippen molar-refractivity contribution in [3.05, 3.63) is 24.3 Å². The Bertz CT molecular complexity index is 659. The molecule has 1 saturated heterocycles. The van der Waals surface area contributed by atoms with Gasteiger partial charge in [0.15, 0.2) is 5.76 Å². The van der Waals surface area contributed by atoms with Crippen LogP contribution in [0.1, 0.15) is 25.2 Å². The second-order valence-corrected chi connectivity index (χ2v) is 5.35. The molecule has 0 aliphatic carbocycles. The topological polar surface area (TPSA) is 101 Å². The number of amides is 2. The molecule has 8 heteroatoms. The predicted octanol–water partition coefficient (Wildman–Crippen LogP) is 1.00. The van der Waals surface area contributed by atoms with E-state index in [1.165, 1.54) is 6.26 Å². The van der Waals surface area contributed by atoms with Gasteiger partial charge < -0.3 is 19.2 Å². The summed E-state index contributed by atoms with van der Waals surface area (Å²) in [6.07, 6.45) is 4.10. The monoisotopic (exact) mass is 318 g/mol. The third-order valence-corrected chi connectivity index (χ3v) is 3.67. The van der Waals surface area contributed by atoms with E-state index < -0.39 is 0 Å². The largest absolute Gasteiger partial charge is 0.461 e. The standard InChI is InChI=1S/C15H18N4O4/c20-12(16-10-14(21)19-7-1-2-8-19)5-6-13-17-15(18-23-13)11-4-3-9-22-11/h3-4,9H,1-2,5-8,10H2,(H,16,20). The number of nitrogens with zero attached hydrogens (tertiary/aromatic N) is 3. The van der Waals surface area contributed by atoms with Crippen molar-refractivity contribution in [1.82, 2.24) is 20.4 Å². The predicted molar refractivity (Wildman–Crippen MR) is 79.1 cm³/mol. The third-order valence-electron chi connectivity index (χ3n) is 3.67. The molecule has 122 valence electrons. The Balaban J connectivity index is 1.41. The minimum Gasteiger partial charge on any atom is -0.461 e. The fourth-order valence-electron chi connectivity index (χ4n) is 2.42. The first-order chi connectivity index (χ1) is 11.2. The fraction of sp³-hybridized carbons (Fsp3) is 0.467. The van der Waals surface area contributed by atoms with Crippen LogP contribution in [0.25, 0.3) is 11.6 Å². The van der Waals surface area contributed by atoms with Gasteiger partial charge in [-0.2, -0.15) is 4.98 Å². The Morgan fingerprint density at radius 1 is 1.30 bits per heavy atom. The first-order valence-corrected chi connectivity index (χ1v) is 7.63. The van der Waals surface area contributed by atoms with Crippen molar-refractivity contribution in [2.24, 2.45) is 0 Å². The summed E-state index contributed by atoms with van der Waals surface area (Å²) >= 11 is 0. The maximum atomic E-state index is 11.8. The molecule has 0 spiro atoms. The first-order valence-electron chi connectivity index (χ1n) is 7.63. The van der Waals surface area contributed by atoms with E-state index >= 15 is 0 Å². The minimum absolute atomic E-state index is 0.0336. The Hall–Kier alpha value is -2.64. The van der Waals surface area contributed by atoms with Crippen LogP contribution in [0.5, 0.6) is 0 Å². The molecule has 0 bridgehead atoms. The van der Waals surface area contributed by atoms with E-state index in [4.69, 9.17) is 8.94 Å². The van der Waals surface area contributed by atoms with Crippen molar-refractivity contribution in [3.63, 3.8) is 0 Å². The van der Waals surface area contributed by atoms with Gasteiger partial charge in [-0.05, 0) is 25.0 Å². The quantitative estimate of drug-likeness (QED) is 0.852. The summed E-state index contributed by atoms with van der Waals surface area (Å²) < 4.78 is 10.2. The van der Waals surface area contributed by atoms with Gasteiger partial charge in [0, 0.05) is 25.9 Å². The number of nitrogens with one attached hydrogen (secondary N) is 1. The summed E-state index contributed by atoms with van der Waals surface area (Å²) in [6, 6.07) is 3.46. The molecule has 0 aromatic carbocycles. The first kappa shape index (κ1) is 15.3. The maximum Gasteiger partial charge on any atom is 0.241 e. The smallest absolute Gasteiger partial charge is 0.241 e. The van der Waals surface area contributed by atoms with Gasteiger partial charge in [0.05, 0.1) is 12.8 Å². The van der Waals surface area contributed by atoms with Crippen molar-refractivity contribution in [2.75, 3.05) is 19.6 Å². The summed E-state index contributed by atoms with van der Waals surface area (Å²) in [7, 11) is 0. The molecule has 1 aliphatic rings. The zero-order valence-electron chi connectivity index (χ0n) is 12.7. The van der Waals surface area contributed by atoms with Crippen LogP contribution in [0.15, 0.2) is 27.3 Å². The van der Waals surface area contributed by atoms with Gasteiger partial charge in [-0.1, -0.05) is 5.16 Å². The van der Waals surface area contributed by atoms with Crippen molar-refractivity contribution >= 4 is 11.8 Å². The third kappa shape index (κ3) is 3.97. The van der Waals surface area contributed by atoms with Gasteiger partial charge in [-0.15, -0.1) is 0 Å². The Morgan fingerprint density at radius 2 is 2.13 bits per heavy atom. The second-order valence-electron chi connectivity index (χ2n) is 5.35. The number of carbonyl (C=O) groups is 2. The molecule has 0 atom stereocenters. The molecule has 2 amide bonds. The van der Waals surface area contributed by atoms with Crippen LogP contribution in [0, 0.1) is 0 Å². The zero-order chi connectivity index (χ0) is 16.1. The van der Waals surface area contributed by atoms with E-state index in [2.05, 4.69) is 15.5 Å². The molecule has 3 heterocycles. The van der Waals surface area contributed by atoms with Crippen molar-refractivity contribution in [2.45, 2.75) is 25.7 Å². The molecule has 1 fully saturated rings. The van der Waals surface area contributed by atoms with Crippen LogP contribution in [-0.4, -0.2) is 46.5 Å². The van der Waals surface area contributed by atoms with Crippen LogP contribution < -0.4 is 5.32 Å². The molecule has 0 unspecified atom stereocenters. The molecule has 0 radical (unpaired) electrons. The molecule has 2 aromatic rings. The highest BCUT2D eigenvalue weighted by molar-refractivity contribution is 5.84. The average Bonchev–Trinajstić information content (AvgIpc) is 3.32. The highest BCUT2D eigenvalue weighted by Gasteiger charge is 2.18. The van der Waals surface area contributed by atoms with Crippen molar-refractivity contribution in [3.8, 4) is 11.6 Å². The van der Waals surface area contributed by atoms with Gasteiger partial charge in [-0.3, -0.25) is 9.59 Å². The second kappa shape index (κ2) is 7.08. The summed E-state index contributed by atoms with van der Waals surface area (Å²) in [5.41, 5.74) is 0. The Morgan fingerprint density at radius 3 is 2.87 bits per heavy atom. The van der Waals surface area contributed by atoms with Gasteiger partial charge in [0.2, 0.25) is 23.5 Å². The number of hydrogen-bond donors (Lipinski definition) is 1. The van der Waals surface area contributed by atoms with E-state index in [-0.39, 0.29) is 24.8 Å². The lowest BCUT2D eigenvalue weighted by Crippen LogP contribution is -2.38. The Labute approximate surface area is 132 Å². The highest BCUT2D eigenvalue weighted by atomic mass is 16.5. The minimum atomic E-state index is -0.213. The average molecular weight is 318 g/mol. The molecule has 23 heavy (non-hydrogen) atoms. The Kier molecular flexibility index (Phi) is 4.70. The van der Waals surface area contributed by atoms with Crippen LogP contribution >= 0.6 is 0 Å². The number of hydrogen-bond acceptors (Lipinski definition) is 6. The van der Waals surface area contributed by atoms with Crippen LogP contribution in [0.4, 0.5) is 0 Å². The normalized spacial score (nSPS) is 14.2. The van der Waals surface area contributed by atoms with E-state index in [1.54, 1.807) is 17.0 Å². The number of aromatic nitrogens is 2. The van der Waals surface area contributed by atoms with Gasteiger partial charge in [0.1, 0.15) is 0 Å². The van der Waals surface area contributed by atoms with E-state index in [0.29, 0.717) is 23.9 Å². The molecule has 3 rings (SSSR count). The summed E-state index contributed by atoms with van der Waals surface area (Å²) in [5.74, 6) is 0.983. The van der Waals surface area contributed by atoms with Gasteiger partial charge in [-0.25, -0.2) is 0 Å². The lowest BCUT2D eigenvalue weighted by Gasteiger charge is -2.15. The van der Waals surface area contributed by atoms with E-state index in [9.17, 15) is 9.59 Å². The van der Waals surface area contributed by atoms with Crippen molar-refractivity contribution in [1.29, 1.82) is 0 Å². The van der Waals surface area contributed by atoms with Crippen LogP contribution in [0.2, 0.25) is 0 Å². The van der Waals surface area contributed by atoms with Crippen LogP contribution in [-0.2, 0) is 16.0 Å². The number of aryl methyl sites for hydroxylation is 1.